The zero-order chi connectivity index (χ0) is 18.4. The Hall–Kier alpha value is -2.40. The van der Waals surface area contributed by atoms with Crippen LogP contribution in [0.4, 0.5) is 4.39 Å². The minimum Gasteiger partial charge on any atom is -0.497 e. The zero-order valence-electron chi connectivity index (χ0n) is 15.1. The van der Waals surface area contributed by atoms with Gasteiger partial charge in [-0.05, 0) is 61.3 Å². The van der Waals surface area contributed by atoms with Crippen LogP contribution < -0.4 is 10.1 Å². The van der Waals surface area contributed by atoms with Crippen LogP contribution in [0.2, 0.25) is 0 Å². The minimum absolute atomic E-state index is 0.103. The second kappa shape index (κ2) is 8.81. The van der Waals surface area contributed by atoms with Gasteiger partial charge in [-0.25, -0.2) is 4.39 Å². The third-order valence-corrected chi connectivity index (χ3v) is 4.85. The number of nitrogens with one attached hydrogen (secondary N) is 1. The molecule has 26 heavy (non-hydrogen) atoms. The van der Waals surface area contributed by atoms with Gasteiger partial charge in [-0.15, -0.1) is 0 Å². The van der Waals surface area contributed by atoms with E-state index in [-0.39, 0.29) is 17.8 Å². The molecule has 2 aromatic rings. The van der Waals surface area contributed by atoms with Gasteiger partial charge in [0.05, 0.1) is 13.5 Å². The number of rotatable bonds is 6. The largest absolute Gasteiger partial charge is 0.497 e. The molecule has 0 aliphatic carbocycles. The van der Waals surface area contributed by atoms with E-state index in [9.17, 15) is 9.18 Å². The van der Waals surface area contributed by atoms with Gasteiger partial charge in [0.25, 0.3) is 0 Å². The van der Waals surface area contributed by atoms with Crippen molar-refractivity contribution in [3.05, 3.63) is 65.5 Å². The molecular weight excluding hydrogens is 331 g/mol. The van der Waals surface area contributed by atoms with Crippen LogP contribution in [0.1, 0.15) is 24.0 Å². The van der Waals surface area contributed by atoms with Gasteiger partial charge in [0.1, 0.15) is 11.6 Å². The Balaban J connectivity index is 1.74. The number of hydrogen-bond donors (Lipinski definition) is 1. The molecule has 1 heterocycles. The van der Waals surface area contributed by atoms with E-state index in [0.717, 1.165) is 42.8 Å². The molecule has 1 fully saturated rings. The highest BCUT2D eigenvalue weighted by atomic mass is 19.1. The Labute approximate surface area is 154 Å². The molecule has 0 radical (unpaired) electrons. The van der Waals surface area contributed by atoms with E-state index in [2.05, 4.69) is 5.32 Å². The molecule has 1 saturated heterocycles. The molecule has 2 aromatic carbocycles. The summed E-state index contributed by atoms with van der Waals surface area (Å²) >= 11 is 0. The van der Waals surface area contributed by atoms with Crippen molar-refractivity contribution in [2.45, 2.75) is 31.8 Å². The maximum absolute atomic E-state index is 13.2. The van der Waals surface area contributed by atoms with Gasteiger partial charge in [0.15, 0.2) is 0 Å². The smallest absolute Gasteiger partial charge is 0.227 e. The van der Waals surface area contributed by atoms with Crippen molar-refractivity contribution in [2.75, 3.05) is 20.2 Å². The van der Waals surface area contributed by atoms with Crippen molar-refractivity contribution in [2.24, 2.45) is 0 Å². The first kappa shape index (κ1) is 18.4. The van der Waals surface area contributed by atoms with Gasteiger partial charge in [-0.2, -0.15) is 0 Å². The van der Waals surface area contributed by atoms with Crippen LogP contribution in [0.3, 0.4) is 0 Å². The lowest BCUT2D eigenvalue weighted by atomic mass is 10.0. The number of piperidine rings is 1. The van der Waals surface area contributed by atoms with Gasteiger partial charge in [0, 0.05) is 12.6 Å². The van der Waals surface area contributed by atoms with Crippen LogP contribution in [-0.4, -0.2) is 37.0 Å². The first-order valence-corrected chi connectivity index (χ1v) is 9.03. The van der Waals surface area contributed by atoms with Gasteiger partial charge in [-0.1, -0.05) is 24.3 Å². The van der Waals surface area contributed by atoms with Crippen LogP contribution in [0.5, 0.6) is 5.75 Å². The molecule has 3 rings (SSSR count). The van der Waals surface area contributed by atoms with Crippen molar-refractivity contribution in [1.29, 1.82) is 0 Å². The number of benzene rings is 2. The molecule has 5 heteroatoms. The number of nitrogens with zero attached hydrogens (tertiary/aromatic N) is 1. The standard InChI is InChI=1S/C21H25FN2O2/c1-26-20-8-4-16(5-9-20)14-21(25)24(19-10-12-23-13-11-19)15-17-2-6-18(22)7-3-17/h2-9,19,23H,10-15H2,1H3. The summed E-state index contributed by atoms with van der Waals surface area (Å²) in [5.41, 5.74) is 1.92. The Morgan fingerprint density at radius 1 is 1.08 bits per heavy atom. The SMILES string of the molecule is COc1ccc(CC(=O)N(Cc2ccc(F)cc2)C2CCNCC2)cc1. The van der Waals surface area contributed by atoms with Crippen LogP contribution in [-0.2, 0) is 17.8 Å². The van der Waals surface area contributed by atoms with Crippen LogP contribution >= 0.6 is 0 Å². The molecule has 1 aliphatic rings. The van der Waals surface area contributed by atoms with Crippen LogP contribution in [0.25, 0.3) is 0 Å². The Morgan fingerprint density at radius 2 is 1.69 bits per heavy atom. The topological polar surface area (TPSA) is 41.6 Å². The highest BCUT2D eigenvalue weighted by Crippen LogP contribution is 2.19. The van der Waals surface area contributed by atoms with Crippen molar-refractivity contribution < 1.29 is 13.9 Å². The van der Waals surface area contributed by atoms with Gasteiger partial charge >= 0.3 is 0 Å². The van der Waals surface area contributed by atoms with Gasteiger partial charge < -0.3 is 15.0 Å². The number of amides is 1. The number of hydrogen-bond acceptors (Lipinski definition) is 3. The lowest BCUT2D eigenvalue weighted by molar-refractivity contribution is -0.134. The predicted molar refractivity (Wildman–Crippen MR) is 99.5 cm³/mol. The second-order valence-electron chi connectivity index (χ2n) is 6.65. The third kappa shape index (κ3) is 4.82. The first-order chi connectivity index (χ1) is 12.7. The average Bonchev–Trinajstić information content (AvgIpc) is 2.68. The minimum atomic E-state index is -0.258. The summed E-state index contributed by atoms with van der Waals surface area (Å²) in [5.74, 6) is 0.626. The summed E-state index contributed by atoms with van der Waals surface area (Å²) in [4.78, 5) is 15.0. The maximum Gasteiger partial charge on any atom is 0.227 e. The molecule has 4 nitrogen and oxygen atoms in total. The number of ether oxygens (including phenoxy) is 1. The lowest BCUT2D eigenvalue weighted by Gasteiger charge is -2.35. The molecule has 138 valence electrons. The molecule has 0 bridgehead atoms. The lowest BCUT2D eigenvalue weighted by Crippen LogP contribution is -2.46. The molecule has 0 spiro atoms. The highest BCUT2D eigenvalue weighted by molar-refractivity contribution is 5.79. The Kier molecular flexibility index (Phi) is 6.23. The summed E-state index contributed by atoms with van der Waals surface area (Å²) in [6.45, 7) is 2.35. The van der Waals surface area contributed by atoms with E-state index in [4.69, 9.17) is 4.74 Å². The van der Waals surface area contributed by atoms with Crippen molar-refractivity contribution >= 4 is 5.91 Å². The zero-order valence-corrected chi connectivity index (χ0v) is 15.1. The summed E-state index contributed by atoms with van der Waals surface area (Å²) in [5, 5.41) is 3.34. The van der Waals surface area contributed by atoms with Crippen LogP contribution in [0.15, 0.2) is 48.5 Å². The summed E-state index contributed by atoms with van der Waals surface area (Å²) in [7, 11) is 1.63. The van der Waals surface area contributed by atoms with Gasteiger partial charge in [0.2, 0.25) is 5.91 Å². The highest BCUT2D eigenvalue weighted by Gasteiger charge is 2.25. The molecule has 0 saturated carbocycles. The quantitative estimate of drug-likeness (QED) is 0.864. The fraction of sp³-hybridized carbons (Fsp3) is 0.381. The number of carbonyl (C=O) groups excluding carboxylic acids is 1. The molecule has 1 amide bonds. The van der Waals surface area contributed by atoms with Crippen molar-refractivity contribution in [3.63, 3.8) is 0 Å². The Bertz CT molecular complexity index is 710. The normalized spacial score (nSPS) is 14.8. The second-order valence-corrected chi connectivity index (χ2v) is 6.65. The van der Waals surface area contributed by atoms with Crippen LogP contribution in [0, 0.1) is 5.82 Å². The number of carbonyl (C=O) groups is 1. The molecule has 0 atom stereocenters. The summed E-state index contributed by atoms with van der Waals surface area (Å²) in [6, 6.07) is 14.2. The third-order valence-electron chi connectivity index (χ3n) is 4.85. The monoisotopic (exact) mass is 356 g/mol. The van der Waals surface area contributed by atoms with E-state index in [1.165, 1.54) is 12.1 Å². The maximum atomic E-state index is 13.2. The molecule has 1 N–H and O–H groups in total. The molecular formula is C21H25FN2O2. The molecule has 0 aromatic heterocycles. The number of halogens is 1. The molecule has 0 unspecified atom stereocenters. The van der Waals surface area contributed by atoms with E-state index < -0.39 is 0 Å². The van der Waals surface area contributed by atoms with E-state index >= 15 is 0 Å². The summed E-state index contributed by atoms with van der Waals surface area (Å²) in [6.07, 6.45) is 2.24. The average molecular weight is 356 g/mol. The fourth-order valence-corrected chi connectivity index (χ4v) is 3.35. The van der Waals surface area contributed by atoms with E-state index in [0.29, 0.717) is 13.0 Å². The van der Waals surface area contributed by atoms with Crippen molar-refractivity contribution in [3.8, 4) is 5.75 Å². The van der Waals surface area contributed by atoms with E-state index in [1.54, 1.807) is 19.2 Å². The number of methoxy groups -OCH3 is 1. The fourth-order valence-electron chi connectivity index (χ4n) is 3.35. The van der Waals surface area contributed by atoms with E-state index in [1.807, 2.05) is 29.2 Å². The summed E-state index contributed by atoms with van der Waals surface area (Å²) < 4.78 is 18.4. The van der Waals surface area contributed by atoms with Gasteiger partial charge in [-0.3, -0.25) is 4.79 Å². The predicted octanol–water partition coefficient (Wildman–Crippen LogP) is 3.16. The van der Waals surface area contributed by atoms with Crippen molar-refractivity contribution in [1.82, 2.24) is 10.2 Å². The first-order valence-electron chi connectivity index (χ1n) is 9.03. The molecule has 1 aliphatic heterocycles. The Morgan fingerprint density at radius 3 is 2.31 bits per heavy atom.